The van der Waals surface area contributed by atoms with Gasteiger partial charge in [-0.2, -0.15) is 0 Å². The summed E-state index contributed by atoms with van der Waals surface area (Å²) in [5, 5.41) is 19.7. The number of non-ortho nitro benzene ring substituents is 1. The van der Waals surface area contributed by atoms with Crippen molar-refractivity contribution in [3.63, 3.8) is 0 Å². The van der Waals surface area contributed by atoms with Crippen molar-refractivity contribution >= 4 is 28.5 Å². The molecule has 0 unspecified atom stereocenters. The first-order valence-corrected chi connectivity index (χ1v) is 6.92. The first-order valence-electron chi connectivity index (χ1n) is 5.93. The predicted octanol–water partition coefficient (Wildman–Crippen LogP) is 2.68. The SMILES string of the molecule is CC(=O)SC[C@@H](C(=O)O)[C@H](C)c1ccc([N+](=O)[O-])cc1. The zero-order chi connectivity index (χ0) is 15.3. The van der Waals surface area contributed by atoms with Gasteiger partial charge in [0.2, 0.25) is 0 Å². The Morgan fingerprint density at radius 2 is 1.90 bits per heavy atom. The summed E-state index contributed by atoms with van der Waals surface area (Å²) < 4.78 is 0. The van der Waals surface area contributed by atoms with Gasteiger partial charge in [0.15, 0.2) is 5.12 Å². The van der Waals surface area contributed by atoms with Crippen LogP contribution in [0.3, 0.4) is 0 Å². The Kier molecular flexibility index (Phi) is 5.69. The number of rotatable bonds is 6. The van der Waals surface area contributed by atoms with E-state index in [1.807, 2.05) is 0 Å². The van der Waals surface area contributed by atoms with Crippen LogP contribution in [0.1, 0.15) is 25.3 Å². The van der Waals surface area contributed by atoms with Crippen molar-refractivity contribution in [2.45, 2.75) is 19.8 Å². The minimum absolute atomic E-state index is 0.0362. The maximum Gasteiger partial charge on any atom is 0.307 e. The summed E-state index contributed by atoms with van der Waals surface area (Å²) in [6.07, 6.45) is 0. The molecule has 0 aliphatic carbocycles. The van der Waals surface area contributed by atoms with E-state index >= 15 is 0 Å². The zero-order valence-corrected chi connectivity index (χ0v) is 11.9. The van der Waals surface area contributed by atoms with Gasteiger partial charge in [0.1, 0.15) is 0 Å². The molecule has 0 amide bonds. The lowest BCUT2D eigenvalue weighted by atomic mass is 9.89. The number of carboxylic acid groups (broad SMARTS) is 1. The van der Waals surface area contributed by atoms with Crippen LogP contribution in [0.25, 0.3) is 0 Å². The Morgan fingerprint density at radius 3 is 2.30 bits per heavy atom. The molecular weight excluding hydrogens is 282 g/mol. The van der Waals surface area contributed by atoms with E-state index in [0.29, 0.717) is 5.56 Å². The number of carboxylic acids is 1. The highest BCUT2D eigenvalue weighted by molar-refractivity contribution is 8.13. The summed E-state index contributed by atoms with van der Waals surface area (Å²) in [5.41, 5.74) is 0.665. The van der Waals surface area contributed by atoms with Crippen LogP contribution in [0.15, 0.2) is 24.3 Å². The number of thioether (sulfide) groups is 1. The van der Waals surface area contributed by atoms with E-state index in [2.05, 4.69) is 0 Å². The van der Waals surface area contributed by atoms with E-state index in [4.69, 9.17) is 0 Å². The van der Waals surface area contributed by atoms with Gasteiger partial charge in [-0.25, -0.2) is 0 Å². The van der Waals surface area contributed by atoms with Crippen LogP contribution in [0, 0.1) is 16.0 Å². The molecule has 6 nitrogen and oxygen atoms in total. The second-order valence-corrected chi connectivity index (χ2v) is 5.58. The molecule has 2 atom stereocenters. The molecule has 108 valence electrons. The zero-order valence-electron chi connectivity index (χ0n) is 11.1. The molecule has 1 rings (SSSR count). The van der Waals surface area contributed by atoms with Crippen molar-refractivity contribution in [3.8, 4) is 0 Å². The predicted molar refractivity (Wildman–Crippen MR) is 75.8 cm³/mol. The average molecular weight is 297 g/mol. The average Bonchev–Trinajstić information content (AvgIpc) is 2.38. The Hall–Kier alpha value is -1.89. The van der Waals surface area contributed by atoms with Crippen molar-refractivity contribution in [1.29, 1.82) is 0 Å². The van der Waals surface area contributed by atoms with Gasteiger partial charge >= 0.3 is 5.97 Å². The molecule has 0 fully saturated rings. The molecule has 0 aliphatic heterocycles. The smallest absolute Gasteiger partial charge is 0.307 e. The summed E-state index contributed by atoms with van der Waals surface area (Å²) in [7, 11) is 0. The fourth-order valence-electron chi connectivity index (χ4n) is 1.77. The highest BCUT2D eigenvalue weighted by Crippen LogP contribution is 2.29. The molecule has 0 bridgehead atoms. The fraction of sp³-hybridized carbons (Fsp3) is 0.385. The number of nitrogens with zero attached hydrogens (tertiary/aromatic N) is 1. The molecule has 0 spiro atoms. The number of carbonyl (C=O) groups is 2. The number of carbonyl (C=O) groups excluding carboxylic acids is 1. The molecular formula is C13H15NO5S. The van der Waals surface area contributed by atoms with E-state index in [0.717, 1.165) is 11.8 Å². The Morgan fingerprint density at radius 1 is 1.35 bits per heavy atom. The number of nitro benzene ring substituents is 1. The van der Waals surface area contributed by atoms with Crippen LogP contribution in [-0.4, -0.2) is 26.9 Å². The Labute approximate surface area is 120 Å². The van der Waals surface area contributed by atoms with Crippen LogP contribution in [0.2, 0.25) is 0 Å². The van der Waals surface area contributed by atoms with Crippen LogP contribution in [-0.2, 0) is 9.59 Å². The fourth-order valence-corrected chi connectivity index (χ4v) is 2.61. The molecule has 0 saturated heterocycles. The monoisotopic (exact) mass is 297 g/mol. The largest absolute Gasteiger partial charge is 0.481 e. The van der Waals surface area contributed by atoms with Crippen molar-refractivity contribution < 1.29 is 19.6 Å². The third kappa shape index (κ3) is 4.34. The van der Waals surface area contributed by atoms with Crippen molar-refractivity contribution in [2.75, 3.05) is 5.75 Å². The molecule has 0 saturated carbocycles. The summed E-state index contributed by atoms with van der Waals surface area (Å²) in [4.78, 5) is 32.3. The van der Waals surface area contributed by atoms with E-state index in [1.54, 1.807) is 19.1 Å². The van der Waals surface area contributed by atoms with Crippen molar-refractivity contribution in [3.05, 3.63) is 39.9 Å². The number of hydrogen-bond acceptors (Lipinski definition) is 5. The third-order valence-corrected chi connectivity index (χ3v) is 3.95. The molecule has 7 heteroatoms. The van der Waals surface area contributed by atoms with Gasteiger partial charge in [-0.1, -0.05) is 30.8 Å². The third-order valence-electron chi connectivity index (χ3n) is 3.02. The standard InChI is InChI=1S/C13H15NO5S/c1-8(12(13(16)17)7-20-9(2)15)10-3-5-11(6-4-10)14(18)19/h3-6,8,12H,7H2,1-2H3,(H,16,17)/t8-,12-/m1/s1. The molecule has 20 heavy (non-hydrogen) atoms. The van der Waals surface area contributed by atoms with Gasteiger partial charge in [-0.3, -0.25) is 19.7 Å². The molecule has 1 aromatic rings. The first kappa shape index (κ1) is 16.2. The summed E-state index contributed by atoms with van der Waals surface area (Å²) in [5.74, 6) is -1.85. The Balaban J connectivity index is 2.88. The van der Waals surface area contributed by atoms with Gasteiger partial charge in [0.05, 0.1) is 10.8 Å². The molecule has 0 aliphatic rings. The summed E-state index contributed by atoms with van der Waals surface area (Å²) >= 11 is 0.971. The van der Waals surface area contributed by atoms with Crippen LogP contribution >= 0.6 is 11.8 Å². The van der Waals surface area contributed by atoms with Crippen LogP contribution < -0.4 is 0 Å². The lowest BCUT2D eigenvalue weighted by Crippen LogP contribution is -2.23. The number of nitro groups is 1. The highest BCUT2D eigenvalue weighted by Gasteiger charge is 2.26. The van der Waals surface area contributed by atoms with Gasteiger partial charge < -0.3 is 5.11 Å². The van der Waals surface area contributed by atoms with E-state index in [-0.39, 0.29) is 22.5 Å². The highest BCUT2D eigenvalue weighted by atomic mass is 32.2. The van der Waals surface area contributed by atoms with Gasteiger partial charge in [0.25, 0.3) is 5.69 Å². The molecule has 1 N–H and O–H groups in total. The maximum absolute atomic E-state index is 11.3. The molecule has 1 aromatic carbocycles. The lowest BCUT2D eigenvalue weighted by Gasteiger charge is -2.19. The van der Waals surface area contributed by atoms with E-state index in [1.165, 1.54) is 19.1 Å². The first-order chi connectivity index (χ1) is 9.32. The summed E-state index contributed by atoms with van der Waals surface area (Å²) in [6.45, 7) is 3.13. The topological polar surface area (TPSA) is 97.5 Å². The number of aliphatic carboxylic acids is 1. The lowest BCUT2D eigenvalue weighted by molar-refractivity contribution is -0.384. The second-order valence-electron chi connectivity index (χ2n) is 4.38. The van der Waals surface area contributed by atoms with Crippen molar-refractivity contribution in [2.24, 2.45) is 5.92 Å². The van der Waals surface area contributed by atoms with E-state index < -0.39 is 16.8 Å². The van der Waals surface area contributed by atoms with Gasteiger partial charge in [0, 0.05) is 24.8 Å². The normalized spacial score (nSPS) is 13.5. The van der Waals surface area contributed by atoms with Gasteiger partial charge in [-0.15, -0.1) is 0 Å². The Bertz CT molecular complexity index is 514. The molecule has 0 radical (unpaired) electrons. The number of benzene rings is 1. The van der Waals surface area contributed by atoms with Crippen molar-refractivity contribution in [1.82, 2.24) is 0 Å². The van der Waals surface area contributed by atoms with Crippen LogP contribution in [0.4, 0.5) is 5.69 Å². The minimum Gasteiger partial charge on any atom is -0.481 e. The minimum atomic E-state index is -0.982. The van der Waals surface area contributed by atoms with Crippen LogP contribution in [0.5, 0.6) is 0 Å². The van der Waals surface area contributed by atoms with E-state index in [9.17, 15) is 24.8 Å². The quantitative estimate of drug-likeness (QED) is 0.640. The van der Waals surface area contributed by atoms with Gasteiger partial charge in [-0.05, 0) is 11.5 Å². The maximum atomic E-state index is 11.3. The summed E-state index contributed by atoms with van der Waals surface area (Å²) in [6, 6.07) is 5.81. The second kappa shape index (κ2) is 7.04. The number of hydrogen-bond donors (Lipinski definition) is 1. The molecule has 0 heterocycles. The molecule has 0 aromatic heterocycles.